The summed E-state index contributed by atoms with van der Waals surface area (Å²) in [6.07, 6.45) is 5.41. The van der Waals surface area contributed by atoms with Crippen molar-refractivity contribution < 1.29 is 4.74 Å². The highest BCUT2D eigenvalue weighted by Crippen LogP contribution is 2.28. The molecule has 0 amide bonds. The molecule has 2 N–H and O–H groups in total. The first-order valence-electron chi connectivity index (χ1n) is 8.85. The average molecular weight is 324 g/mol. The Kier molecular flexibility index (Phi) is 4.24. The molecule has 1 aliphatic carbocycles. The number of nitrogens with one attached hydrogen (secondary N) is 2. The van der Waals surface area contributed by atoms with E-state index in [2.05, 4.69) is 33.8 Å². The number of rotatable bonds is 4. The number of aromatic nitrogens is 2. The lowest BCUT2D eigenvalue weighted by Crippen LogP contribution is -2.19. The van der Waals surface area contributed by atoms with E-state index in [1.54, 1.807) is 0 Å². The lowest BCUT2D eigenvalue weighted by molar-refractivity contribution is 0.298. The van der Waals surface area contributed by atoms with Crippen LogP contribution in [0.2, 0.25) is 0 Å². The topological polar surface area (TPSA) is 59.1 Å². The Morgan fingerprint density at radius 2 is 2.12 bits per heavy atom. The number of hydrogen-bond donors (Lipinski definition) is 2. The largest absolute Gasteiger partial charge is 0.493 e. The van der Waals surface area contributed by atoms with Crippen molar-refractivity contribution in [2.45, 2.75) is 32.1 Å². The number of anilines is 2. The Labute approximate surface area is 142 Å². The molecule has 1 aliphatic heterocycles. The van der Waals surface area contributed by atoms with Crippen molar-refractivity contribution in [3.63, 3.8) is 0 Å². The predicted molar refractivity (Wildman–Crippen MR) is 95.8 cm³/mol. The zero-order chi connectivity index (χ0) is 16.4. The predicted octanol–water partition coefficient (Wildman–Crippen LogP) is 3.06. The fourth-order valence-corrected chi connectivity index (χ4v) is 3.69. The maximum absolute atomic E-state index is 5.86. The standard InChI is InChI=1S/C19H24N4O/c1-20-18-15-6-4-7-16(15)22-19(23-18)21-12-13-9-10-24-17-8-3-2-5-14(17)11-13/h2-3,5,8,13H,4,6-7,9-12H2,1H3,(H2,20,21,22,23)/t13-/m0/s1. The monoisotopic (exact) mass is 324 g/mol. The molecule has 24 heavy (non-hydrogen) atoms. The number of ether oxygens (including phenoxy) is 1. The van der Waals surface area contributed by atoms with E-state index in [0.29, 0.717) is 5.92 Å². The highest BCUT2D eigenvalue weighted by molar-refractivity contribution is 5.52. The molecule has 2 aliphatic rings. The van der Waals surface area contributed by atoms with Crippen molar-refractivity contribution in [2.75, 3.05) is 30.8 Å². The molecule has 1 atom stereocenters. The Hall–Kier alpha value is -2.30. The summed E-state index contributed by atoms with van der Waals surface area (Å²) in [6, 6.07) is 8.35. The molecule has 0 fully saturated rings. The van der Waals surface area contributed by atoms with Crippen molar-refractivity contribution in [1.82, 2.24) is 9.97 Å². The molecule has 5 nitrogen and oxygen atoms in total. The normalized spacial score (nSPS) is 19.0. The van der Waals surface area contributed by atoms with Crippen LogP contribution in [0.1, 0.15) is 29.7 Å². The summed E-state index contributed by atoms with van der Waals surface area (Å²) in [5, 5.41) is 6.68. The third kappa shape index (κ3) is 3.03. The number of nitrogens with zero attached hydrogens (tertiary/aromatic N) is 2. The number of benzene rings is 1. The molecule has 0 saturated carbocycles. The van der Waals surface area contributed by atoms with Crippen LogP contribution in [0.3, 0.4) is 0 Å². The van der Waals surface area contributed by atoms with Gasteiger partial charge in [-0.05, 0) is 49.7 Å². The summed E-state index contributed by atoms with van der Waals surface area (Å²) in [4.78, 5) is 9.37. The van der Waals surface area contributed by atoms with Gasteiger partial charge in [-0.15, -0.1) is 0 Å². The van der Waals surface area contributed by atoms with Crippen molar-refractivity contribution >= 4 is 11.8 Å². The van der Waals surface area contributed by atoms with E-state index >= 15 is 0 Å². The summed E-state index contributed by atoms with van der Waals surface area (Å²) >= 11 is 0. The Morgan fingerprint density at radius 3 is 3.04 bits per heavy atom. The van der Waals surface area contributed by atoms with Crippen LogP contribution >= 0.6 is 0 Å². The minimum atomic E-state index is 0.531. The van der Waals surface area contributed by atoms with E-state index in [1.165, 1.54) is 23.2 Å². The van der Waals surface area contributed by atoms with Crippen molar-refractivity contribution in [1.29, 1.82) is 0 Å². The number of fused-ring (bicyclic) bond motifs is 2. The summed E-state index contributed by atoms with van der Waals surface area (Å²) in [6.45, 7) is 1.65. The van der Waals surface area contributed by atoms with Gasteiger partial charge in [0.05, 0.1) is 12.3 Å². The molecule has 126 valence electrons. The molecule has 2 heterocycles. The van der Waals surface area contributed by atoms with E-state index in [1.807, 2.05) is 13.1 Å². The van der Waals surface area contributed by atoms with E-state index in [0.717, 1.165) is 56.4 Å². The molecular formula is C19H24N4O. The third-order valence-electron chi connectivity index (χ3n) is 4.98. The first-order chi connectivity index (χ1) is 11.8. The Morgan fingerprint density at radius 1 is 1.21 bits per heavy atom. The van der Waals surface area contributed by atoms with Gasteiger partial charge < -0.3 is 15.4 Å². The van der Waals surface area contributed by atoms with Crippen molar-refractivity contribution in [3.05, 3.63) is 41.1 Å². The van der Waals surface area contributed by atoms with Gasteiger partial charge in [-0.25, -0.2) is 4.98 Å². The second kappa shape index (κ2) is 6.67. The maximum Gasteiger partial charge on any atom is 0.224 e. The van der Waals surface area contributed by atoms with Crippen LogP contribution in [-0.2, 0) is 19.3 Å². The van der Waals surface area contributed by atoms with Gasteiger partial charge in [0.25, 0.3) is 0 Å². The zero-order valence-corrected chi connectivity index (χ0v) is 14.1. The molecule has 0 bridgehead atoms. The molecular weight excluding hydrogens is 300 g/mol. The van der Waals surface area contributed by atoms with E-state index in [4.69, 9.17) is 9.72 Å². The highest BCUT2D eigenvalue weighted by atomic mass is 16.5. The van der Waals surface area contributed by atoms with Crippen LogP contribution in [-0.4, -0.2) is 30.2 Å². The van der Waals surface area contributed by atoms with Gasteiger partial charge in [-0.3, -0.25) is 0 Å². The van der Waals surface area contributed by atoms with Crippen molar-refractivity contribution in [3.8, 4) is 5.75 Å². The van der Waals surface area contributed by atoms with E-state index < -0.39 is 0 Å². The van der Waals surface area contributed by atoms with Crippen LogP contribution in [0, 0.1) is 5.92 Å². The van der Waals surface area contributed by atoms with Crippen LogP contribution in [0.15, 0.2) is 24.3 Å². The third-order valence-corrected chi connectivity index (χ3v) is 4.98. The Bertz CT molecular complexity index is 731. The molecule has 1 aromatic carbocycles. The first-order valence-corrected chi connectivity index (χ1v) is 8.85. The van der Waals surface area contributed by atoms with Crippen LogP contribution in [0.25, 0.3) is 0 Å². The molecule has 2 aromatic rings. The molecule has 0 unspecified atom stereocenters. The van der Waals surface area contributed by atoms with Gasteiger partial charge in [0.1, 0.15) is 11.6 Å². The number of hydrogen-bond acceptors (Lipinski definition) is 5. The molecule has 4 rings (SSSR count). The van der Waals surface area contributed by atoms with Gasteiger partial charge in [0.2, 0.25) is 5.95 Å². The second-order valence-electron chi connectivity index (χ2n) is 6.62. The number of aryl methyl sites for hydroxylation is 1. The average Bonchev–Trinajstić information content (AvgIpc) is 2.98. The van der Waals surface area contributed by atoms with Crippen LogP contribution in [0.4, 0.5) is 11.8 Å². The first kappa shape index (κ1) is 15.2. The SMILES string of the molecule is CNc1nc(NC[C@H]2CCOc3ccccc3C2)nc2c1CCC2. The minimum absolute atomic E-state index is 0.531. The lowest BCUT2D eigenvalue weighted by Gasteiger charge is -2.16. The molecule has 0 saturated heterocycles. The number of para-hydroxylation sites is 1. The summed E-state index contributed by atoms with van der Waals surface area (Å²) in [5.41, 5.74) is 3.79. The van der Waals surface area contributed by atoms with Crippen LogP contribution < -0.4 is 15.4 Å². The Balaban J connectivity index is 1.46. The minimum Gasteiger partial charge on any atom is -0.493 e. The summed E-state index contributed by atoms with van der Waals surface area (Å²) in [7, 11) is 1.93. The van der Waals surface area contributed by atoms with Gasteiger partial charge in [0.15, 0.2) is 0 Å². The van der Waals surface area contributed by atoms with Crippen LogP contribution in [0.5, 0.6) is 5.75 Å². The maximum atomic E-state index is 5.86. The van der Waals surface area contributed by atoms with Crippen molar-refractivity contribution in [2.24, 2.45) is 5.92 Å². The highest BCUT2D eigenvalue weighted by Gasteiger charge is 2.20. The molecule has 0 radical (unpaired) electrons. The second-order valence-corrected chi connectivity index (χ2v) is 6.62. The summed E-state index contributed by atoms with van der Waals surface area (Å²) in [5.74, 6) is 3.29. The smallest absolute Gasteiger partial charge is 0.224 e. The molecule has 0 spiro atoms. The molecule has 5 heteroatoms. The quantitative estimate of drug-likeness (QED) is 0.905. The fourth-order valence-electron chi connectivity index (χ4n) is 3.69. The van der Waals surface area contributed by atoms with E-state index in [-0.39, 0.29) is 0 Å². The van der Waals surface area contributed by atoms with Gasteiger partial charge in [-0.2, -0.15) is 4.98 Å². The van der Waals surface area contributed by atoms with E-state index in [9.17, 15) is 0 Å². The van der Waals surface area contributed by atoms with Gasteiger partial charge in [-0.1, -0.05) is 18.2 Å². The van der Waals surface area contributed by atoms with Gasteiger partial charge in [0, 0.05) is 19.2 Å². The lowest BCUT2D eigenvalue weighted by atomic mass is 9.97. The summed E-state index contributed by atoms with van der Waals surface area (Å²) < 4.78 is 5.86. The fraction of sp³-hybridized carbons (Fsp3) is 0.474. The molecule has 1 aromatic heterocycles. The van der Waals surface area contributed by atoms with Gasteiger partial charge >= 0.3 is 0 Å². The zero-order valence-electron chi connectivity index (χ0n) is 14.1.